The molecule has 2 rings (SSSR count). The van der Waals surface area contributed by atoms with Crippen LogP contribution in [0.1, 0.15) is 11.1 Å². The summed E-state index contributed by atoms with van der Waals surface area (Å²) in [6, 6.07) is 4.33. The number of aryl methyl sites for hydroxylation is 2. The predicted molar refractivity (Wildman–Crippen MR) is 74.8 cm³/mol. The monoisotopic (exact) mass is 276 g/mol. The first-order chi connectivity index (χ1) is 9.45. The van der Waals surface area contributed by atoms with Gasteiger partial charge in [-0.1, -0.05) is 6.07 Å². The number of rotatable bonds is 3. The summed E-state index contributed by atoms with van der Waals surface area (Å²) in [6.45, 7) is 2.20. The molecule has 0 aliphatic rings. The molecule has 0 spiro atoms. The van der Waals surface area contributed by atoms with Gasteiger partial charge in [-0.05, 0) is 24.6 Å². The topological polar surface area (TPSA) is 50.2 Å². The molecule has 2 amide bonds. The van der Waals surface area contributed by atoms with E-state index in [0.717, 1.165) is 11.1 Å². The van der Waals surface area contributed by atoms with Crippen molar-refractivity contribution in [3.63, 3.8) is 0 Å². The van der Waals surface area contributed by atoms with Crippen LogP contribution in [0.2, 0.25) is 0 Å². The maximum Gasteiger partial charge on any atom is 0.321 e. The molecule has 0 aliphatic carbocycles. The highest BCUT2D eigenvalue weighted by molar-refractivity contribution is 5.89. The third-order valence-electron chi connectivity index (χ3n) is 2.89. The zero-order valence-corrected chi connectivity index (χ0v) is 11.7. The molecular weight excluding hydrogens is 259 g/mol. The Hall–Kier alpha value is -2.37. The molecule has 1 heterocycles. The maximum atomic E-state index is 13.7. The Balaban J connectivity index is 2.00. The highest BCUT2D eigenvalue weighted by Crippen LogP contribution is 2.16. The van der Waals surface area contributed by atoms with E-state index in [9.17, 15) is 9.18 Å². The molecule has 0 aliphatic heterocycles. The number of hydrogen-bond donors (Lipinski definition) is 1. The summed E-state index contributed by atoms with van der Waals surface area (Å²) in [5, 5.41) is 6.58. The molecule has 0 radical (unpaired) electrons. The molecule has 1 aromatic heterocycles. The minimum absolute atomic E-state index is 0.179. The fourth-order valence-corrected chi connectivity index (χ4v) is 1.83. The summed E-state index contributed by atoms with van der Waals surface area (Å²) in [5.74, 6) is -0.437. The van der Waals surface area contributed by atoms with Crippen LogP contribution in [0.4, 0.5) is 14.9 Å². The van der Waals surface area contributed by atoms with Gasteiger partial charge in [-0.3, -0.25) is 4.68 Å². The lowest BCUT2D eigenvalue weighted by Crippen LogP contribution is -2.31. The Morgan fingerprint density at radius 3 is 2.85 bits per heavy atom. The average molecular weight is 276 g/mol. The normalized spacial score (nSPS) is 10.4. The van der Waals surface area contributed by atoms with Gasteiger partial charge in [0.2, 0.25) is 0 Å². The summed E-state index contributed by atoms with van der Waals surface area (Å²) in [6.07, 6.45) is 3.52. The van der Waals surface area contributed by atoms with Crippen LogP contribution in [-0.4, -0.2) is 27.8 Å². The summed E-state index contributed by atoms with van der Waals surface area (Å²) in [5.41, 5.74) is 1.90. The van der Waals surface area contributed by atoms with Crippen molar-refractivity contribution in [2.45, 2.75) is 13.5 Å². The van der Waals surface area contributed by atoms with Crippen molar-refractivity contribution in [2.24, 2.45) is 7.05 Å². The first-order valence-corrected chi connectivity index (χ1v) is 6.21. The van der Waals surface area contributed by atoms with Crippen LogP contribution in [0.25, 0.3) is 0 Å². The third kappa shape index (κ3) is 3.34. The lowest BCUT2D eigenvalue weighted by atomic mass is 10.2. The van der Waals surface area contributed by atoms with E-state index < -0.39 is 5.82 Å². The van der Waals surface area contributed by atoms with E-state index in [-0.39, 0.29) is 11.7 Å². The molecule has 0 saturated heterocycles. The van der Waals surface area contributed by atoms with Crippen molar-refractivity contribution in [3.05, 3.63) is 47.5 Å². The van der Waals surface area contributed by atoms with Crippen LogP contribution in [0.3, 0.4) is 0 Å². The average Bonchev–Trinajstić information content (AvgIpc) is 2.78. The molecule has 6 heteroatoms. The van der Waals surface area contributed by atoms with Crippen LogP contribution in [0.5, 0.6) is 0 Å². The van der Waals surface area contributed by atoms with Gasteiger partial charge in [0.25, 0.3) is 0 Å². The maximum absolute atomic E-state index is 13.7. The molecule has 106 valence electrons. The quantitative estimate of drug-likeness (QED) is 0.936. The van der Waals surface area contributed by atoms with Crippen LogP contribution < -0.4 is 5.32 Å². The zero-order chi connectivity index (χ0) is 14.7. The Labute approximate surface area is 117 Å². The fraction of sp³-hybridized carbons (Fsp3) is 0.286. The number of anilines is 1. The van der Waals surface area contributed by atoms with Crippen molar-refractivity contribution < 1.29 is 9.18 Å². The Bertz CT molecular complexity index is 623. The lowest BCUT2D eigenvalue weighted by molar-refractivity contribution is 0.220. The molecule has 5 nitrogen and oxygen atoms in total. The van der Waals surface area contributed by atoms with E-state index in [0.29, 0.717) is 6.54 Å². The molecule has 1 N–H and O–H groups in total. The SMILES string of the molecule is Cc1ccc(NC(=O)N(C)Cc2cnn(C)c2)c(F)c1. The molecule has 1 aromatic carbocycles. The van der Waals surface area contributed by atoms with Crippen molar-refractivity contribution in [3.8, 4) is 0 Å². The van der Waals surface area contributed by atoms with Crippen LogP contribution in [0.15, 0.2) is 30.6 Å². The Kier molecular flexibility index (Phi) is 4.02. The largest absolute Gasteiger partial charge is 0.323 e. The second-order valence-corrected chi connectivity index (χ2v) is 4.79. The van der Waals surface area contributed by atoms with E-state index >= 15 is 0 Å². The molecular formula is C14H17FN4O. The van der Waals surface area contributed by atoms with Gasteiger partial charge < -0.3 is 10.2 Å². The predicted octanol–water partition coefficient (Wildman–Crippen LogP) is 2.53. The number of halogens is 1. The summed E-state index contributed by atoms with van der Waals surface area (Å²) in [7, 11) is 3.46. The van der Waals surface area contributed by atoms with Gasteiger partial charge in [0, 0.05) is 25.9 Å². The van der Waals surface area contributed by atoms with Gasteiger partial charge in [-0.15, -0.1) is 0 Å². The van der Waals surface area contributed by atoms with Gasteiger partial charge in [0.15, 0.2) is 0 Å². The number of urea groups is 1. The second kappa shape index (κ2) is 5.73. The summed E-state index contributed by atoms with van der Waals surface area (Å²) >= 11 is 0. The first kappa shape index (κ1) is 14.0. The van der Waals surface area contributed by atoms with Crippen molar-refractivity contribution >= 4 is 11.7 Å². The van der Waals surface area contributed by atoms with Crippen LogP contribution in [-0.2, 0) is 13.6 Å². The smallest absolute Gasteiger partial charge is 0.321 e. The lowest BCUT2D eigenvalue weighted by Gasteiger charge is -2.17. The minimum atomic E-state index is -0.437. The second-order valence-electron chi connectivity index (χ2n) is 4.79. The highest BCUT2D eigenvalue weighted by Gasteiger charge is 2.12. The van der Waals surface area contributed by atoms with Gasteiger partial charge in [0.1, 0.15) is 5.82 Å². The highest BCUT2D eigenvalue weighted by atomic mass is 19.1. The molecule has 0 fully saturated rings. The van der Waals surface area contributed by atoms with Crippen LogP contribution in [0, 0.1) is 12.7 Å². The van der Waals surface area contributed by atoms with Gasteiger partial charge >= 0.3 is 6.03 Å². The number of hydrogen-bond acceptors (Lipinski definition) is 2. The van der Waals surface area contributed by atoms with E-state index in [1.54, 1.807) is 37.0 Å². The standard InChI is InChI=1S/C14H17FN4O/c1-10-4-5-13(12(15)6-10)17-14(20)18(2)8-11-7-16-19(3)9-11/h4-7,9H,8H2,1-3H3,(H,17,20). The number of amides is 2. The minimum Gasteiger partial charge on any atom is -0.323 e. The summed E-state index contributed by atoms with van der Waals surface area (Å²) < 4.78 is 15.3. The number of benzene rings is 1. The van der Waals surface area contributed by atoms with Crippen LogP contribution >= 0.6 is 0 Å². The Morgan fingerprint density at radius 2 is 2.25 bits per heavy atom. The van der Waals surface area contributed by atoms with Crippen molar-refractivity contribution in [1.29, 1.82) is 0 Å². The fourth-order valence-electron chi connectivity index (χ4n) is 1.83. The number of nitrogens with zero attached hydrogens (tertiary/aromatic N) is 3. The molecule has 0 saturated carbocycles. The van der Waals surface area contributed by atoms with E-state index in [2.05, 4.69) is 10.4 Å². The van der Waals surface area contributed by atoms with Gasteiger partial charge in [0.05, 0.1) is 18.4 Å². The number of carbonyl (C=O) groups is 1. The molecule has 0 atom stereocenters. The summed E-state index contributed by atoms with van der Waals surface area (Å²) in [4.78, 5) is 13.5. The van der Waals surface area contributed by atoms with Gasteiger partial charge in [-0.25, -0.2) is 9.18 Å². The van der Waals surface area contributed by atoms with Crippen molar-refractivity contribution in [1.82, 2.24) is 14.7 Å². The number of nitrogens with one attached hydrogen (secondary N) is 1. The first-order valence-electron chi connectivity index (χ1n) is 6.21. The van der Waals surface area contributed by atoms with Gasteiger partial charge in [-0.2, -0.15) is 5.10 Å². The molecule has 0 bridgehead atoms. The Morgan fingerprint density at radius 1 is 1.50 bits per heavy atom. The van der Waals surface area contributed by atoms with Crippen molar-refractivity contribution in [2.75, 3.05) is 12.4 Å². The van der Waals surface area contributed by atoms with E-state index in [1.165, 1.54) is 11.0 Å². The van der Waals surface area contributed by atoms with E-state index in [1.807, 2.05) is 13.2 Å². The molecule has 2 aromatic rings. The molecule has 0 unspecified atom stereocenters. The van der Waals surface area contributed by atoms with E-state index in [4.69, 9.17) is 0 Å². The number of carbonyl (C=O) groups excluding carboxylic acids is 1. The molecule has 20 heavy (non-hydrogen) atoms. The number of aromatic nitrogens is 2. The third-order valence-corrected chi connectivity index (χ3v) is 2.89. The zero-order valence-electron chi connectivity index (χ0n) is 11.7.